The molecule has 0 amide bonds. The molecule has 0 aromatic rings. The van der Waals surface area contributed by atoms with Gasteiger partial charge >= 0.3 is 0 Å². The lowest BCUT2D eigenvalue weighted by molar-refractivity contribution is 0.113. The van der Waals surface area contributed by atoms with Gasteiger partial charge in [0.2, 0.25) is 10.0 Å². The lowest BCUT2D eigenvalue weighted by atomic mass is 10.1. The molecule has 0 saturated carbocycles. The first kappa shape index (κ1) is 11.9. The Morgan fingerprint density at radius 2 is 2.00 bits per heavy atom. The highest BCUT2D eigenvalue weighted by Gasteiger charge is 2.26. The maximum absolute atomic E-state index is 11.7. The van der Waals surface area contributed by atoms with Gasteiger partial charge in [-0.2, -0.15) is 0 Å². The Bertz CT molecular complexity index is 258. The van der Waals surface area contributed by atoms with Crippen molar-refractivity contribution in [1.82, 2.24) is 9.62 Å². The number of aliphatic hydroxyl groups is 1. The van der Waals surface area contributed by atoms with Crippen LogP contribution in [0.15, 0.2) is 0 Å². The summed E-state index contributed by atoms with van der Waals surface area (Å²) in [6.07, 6.45) is 0.781. The van der Waals surface area contributed by atoms with Gasteiger partial charge in [-0.25, -0.2) is 12.7 Å². The summed E-state index contributed by atoms with van der Waals surface area (Å²) < 4.78 is 24.8. The molecular weight excluding hydrogens is 204 g/mol. The van der Waals surface area contributed by atoms with Crippen LogP contribution in [0.5, 0.6) is 0 Å². The molecular formula is C8H18N2O3S. The lowest BCUT2D eigenvalue weighted by Crippen LogP contribution is -2.42. The molecule has 0 aromatic carbocycles. The predicted molar refractivity (Wildman–Crippen MR) is 54.5 cm³/mol. The van der Waals surface area contributed by atoms with E-state index in [1.807, 2.05) is 0 Å². The molecule has 1 fully saturated rings. The second kappa shape index (κ2) is 5.06. The third kappa shape index (κ3) is 3.20. The molecule has 84 valence electrons. The fourth-order valence-electron chi connectivity index (χ4n) is 1.48. The predicted octanol–water partition coefficient (Wildman–Crippen LogP) is -1.01. The summed E-state index contributed by atoms with van der Waals surface area (Å²) in [5, 5.41) is 12.1. The van der Waals surface area contributed by atoms with Crippen LogP contribution in [0.25, 0.3) is 0 Å². The molecule has 0 radical (unpaired) electrons. The minimum absolute atomic E-state index is 0.138. The molecule has 0 atom stereocenters. The topological polar surface area (TPSA) is 69.6 Å². The first-order valence-corrected chi connectivity index (χ1v) is 6.47. The average molecular weight is 222 g/mol. The van der Waals surface area contributed by atoms with E-state index in [9.17, 15) is 13.5 Å². The van der Waals surface area contributed by atoms with Crippen molar-refractivity contribution in [3.05, 3.63) is 0 Å². The van der Waals surface area contributed by atoms with Gasteiger partial charge in [-0.1, -0.05) is 0 Å². The Morgan fingerprint density at radius 1 is 1.43 bits per heavy atom. The van der Waals surface area contributed by atoms with Crippen molar-refractivity contribution in [1.29, 1.82) is 0 Å². The van der Waals surface area contributed by atoms with Crippen LogP contribution in [0.4, 0.5) is 0 Å². The molecule has 2 N–H and O–H groups in total. The summed E-state index contributed by atoms with van der Waals surface area (Å²) in [5.74, 6) is 0.138. The zero-order valence-corrected chi connectivity index (χ0v) is 9.26. The van der Waals surface area contributed by atoms with E-state index in [1.165, 1.54) is 4.31 Å². The highest BCUT2D eigenvalue weighted by molar-refractivity contribution is 7.89. The fourth-order valence-corrected chi connectivity index (χ4v) is 2.97. The second-order valence-electron chi connectivity index (χ2n) is 3.55. The molecule has 0 spiro atoms. The molecule has 1 saturated heterocycles. The van der Waals surface area contributed by atoms with Gasteiger partial charge in [0.1, 0.15) is 0 Å². The smallest absolute Gasteiger partial charge is 0.215 e. The van der Waals surface area contributed by atoms with E-state index in [1.54, 1.807) is 7.05 Å². The van der Waals surface area contributed by atoms with Gasteiger partial charge in [0.25, 0.3) is 0 Å². The van der Waals surface area contributed by atoms with E-state index in [0.29, 0.717) is 32.5 Å². The molecule has 0 unspecified atom stereocenters. The van der Waals surface area contributed by atoms with Crippen LogP contribution in [0.1, 0.15) is 12.8 Å². The average Bonchev–Trinajstić information content (AvgIpc) is 2.16. The molecule has 14 heavy (non-hydrogen) atoms. The van der Waals surface area contributed by atoms with Crippen LogP contribution in [-0.4, -0.2) is 56.4 Å². The highest BCUT2D eigenvalue weighted by atomic mass is 32.2. The number of nitrogens with zero attached hydrogens (tertiary/aromatic N) is 1. The summed E-state index contributed by atoms with van der Waals surface area (Å²) in [5.41, 5.74) is 0. The molecule has 0 bridgehead atoms. The molecule has 1 aliphatic rings. The molecule has 0 aromatic heterocycles. The van der Waals surface area contributed by atoms with Gasteiger partial charge in [0, 0.05) is 19.6 Å². The monoisotopic (exact) mass is 222 g/mol. The Kier molecular flexibility index (Phi) is 4.31. The van der Waals surface area contributed by atoms with E-state index in [2.05, 4.69) is 5.32 Å². The van der Waals surface area contributed by atoms with Gasteiger partial charge in [0.05, 0.1) is 11.9 Å². The SMILES string of the molecule is CNCCS(=O)(=O)N1CCC(O)CC1. The van der Waals surface area contributed by atoms with E-state index >= 15 is 0 Å². The van der Waals surface area contributed by atoms with Crippen molar-refractivity contribution < 1.29 is 13.5 Å². The van der Waals surface area contributed by atoms with Gasteiger partial charge in [-0.05, 0) is 19.9 Å². The summed E-state index contributed by atoms with van der Waals surface area (Å²) >= 11 is 0. The standard InChI is InChI=1S/C8H18N2O3S/c1-9-4-7-14(12,13)10-5-2-8(11)3-6-10/h8-9,11H,2-7H2,1H3. The number of aliphatic hydroxyl groups excluding tert-OH is 1. The first-order chi connectivity index (χ1) is 6.56. The molecule has 1 aliphatic heterocycles. The van der Waals surface area contributed by atoms with E-state index in [-0.39, 0.29) is 11.9 Å². The Hall–Kier alpha value is -0.170. The number of hydrogen-bond acceptors (Lipinski definition) is 4. The van der Waals surface area contributed by atoms with Crippen molar-refractivity contribution in [2.45, 2.75) is 18.9 Å². The largest absolute Gasteiger partial charge is 0.393 e. The summed E-state index contributed by atoms with van der Waals surface area (Å²) in [4.78, 5) is 0. The van der Waals surface area contributed by atoms with Crippen molar-refractivity contribution in [3.8, 4) is 0 Å². The van der Waals surface area contributed by atoms with Crippen molar-refractivity contribution in [2.24, 2.45) is 0 Å². The lowest BCUT2D eigenvalue weighted by Gasteiger charge is -2.28. The first-order valence-electron chi connectivity index (χ1n) is 4.87. The second-order valence-corrected chi connectivity index (χ2v) is 5.64. The van der Waals surface area contributed by atoms with Crippen LogP contribution in [-0.2, 0) is 10.0 Å². The van der Waals surface area contributed by atoms with E-state index in [0.717, 1.165) is 0 Å². The number of hydrogen-bond donors (Lipinski definition) is 2. The number of rotatable bonds is 4. The van der Waals surface area contributed by atoms with E-state index in [4.69, 9.17) is 0 Å². The highest BCUT2D eigenvalue weighted by Crippen LogP contribution is 2.13. The third-order valence-electron chi connectivity index (χ3n) is 2.43. The van der Waals surface area contributed by atoms with Crippen LogP contribution in [0.2, 0.25) is 0 Å². The summed E-state index contributed by atoms with van der Waals surface area (Å²) in [6, 6.07) is 0. The van der Waals surface area contributed by atoms with Crippen molar-refractivity contribution >= 4 is 10.0 Å². The number of piperidine rings is 1. The minimum atomic E-state index is -3.11. The van der Waals surface area contributed by atoms with Gasteiger partial charge in [-0.3, -0.25) is 0 Å². The van der Waals surface area contributed by atoms with Crippen LogP contribution in [0, 0.1) is 0 Å². The molecule has 0 aliphatic carbocycles. The zero-order valence-electron chi connectivity index (χ0n) is 8.44. The Balaban J connectivity index is 2.47. The van der Waals surface area contributed by atoms with Crippen LogP contribution >= 0.6 is 0 Å². The summed E-state index contributed by atoms with van der Waals surface area (Å²) in [7, 11) is -1.38. The quantitative estimate of drug-likeness (QED) is 0.639. The fraction of sp³-hybridized carbons (Fsp3) is 1.00. The Labute approximate surface area is 85.2 Å². The molecule has 6 heteroatoms. The number of nitrogens with one attached hydrogen (secondary N) is 1. The van der Waals surface area contributed by atoms with Gasteiger partial charge < -0.3 is 10.4 Å². The molecule has 1 rings (SSSR count). The van der Waals surface area contributed by atoms with Gasteiger partial charge in [0.15, 0.2) is 0 Å². The van der Waals surface area contributed by atoms with Gasteiger partial charge in [-0.15, -0.1) is 0 Å². The third-order valence-corrected chi connectivity index (χ3v) is 4.30. The number of sulfonamides is 1. The van der Waals surface area contributed by atoms with E-state index < -0.39 is 10.0 Å². The van der Waals surface area contributed by atoms with Crippen molar-refractivity contribution in [3.63, 3.8) is 0 Å². The summed E-state index contributed by atoms with van der Waals surface area (Å²) in [6.45, 7) is 1.38. The van der Waals surface area contributed by atoms with Crippen LogP contribution in [0.3, 0.4) is 0 Å². The Morgan fingerprint density at radius 3 is 2.50 bits per heavy atom. The maximum atomic E-state index is 11.7. The van der Waals surface area contributed by atoms with Crippen LogP contribution < -0.4 is 5.32 Å². The minimum Gasteiger partial charge on any atom is -0.393 e. The molecule has 5 nitrogen and oxygen atoms in total. The van der Waals surface area contributed by atoms with Crippen molar-refractivity contribution in [2.75, 3.05) is 32.4 Å². The molecule has 1 heterocycles. The maximum Gasteiger partial charge on any atom is 0.215 e. The zero-order chi connectivity index (χ0) is 10.6. The normalized spacial score (nSPS) is 21.3.